The number of hydrogen-bond donors (Lipinski definition) is 0. The van der Waals surface area contributed by atoms with Gasteiger partial charge in [-0.1, -0.05) is 0 Å². The molecule has 0 saturated carbocycles. The summed E-state index contributed by atoms with van der Waals surface area (Å²) >= 11 is 0. The average Bonchev–Trinajstić information content (AvgIpc) is 2.45. The van der Waals surface area contributed by atoms with Crippen LogP contribution in [0.25, 0.3) is 0 Å². The number of rotatable bonds is 5. The van der Waals surface area contributed by atoms with Crippen LogP contribution in [0.4, 0.5) is 10.1 Å². The molecule has 4 nitrogen and oxygen atoms in total. The molecule has 0 amide bonds. The Hall–Kier alpha value is -1.46. The number of carbonyl (C=O) groups is 1. The number of anilines is 1. The number of ketones is 1. The molecule has 0 unspecified atom stereocenters. The van der Waals surface area contributed by atoms with E-state index in [4.69, 9.17) is 0 Å². The molecule has 1 aliphatic rings. The van der Waals surface area contributed by atoms with Gasteiger partial charge in [-0.2, -0.15) is 0 Å². The van der Waals surface area contributed by atoms with Crippen molar-refractivity contribution < 1.29 is 9.18 Å². The molecule has 1 fully saturated rings. The first-order valence-electron chi connectivity index (χ1n) is 7.40. The monoisotopic (exact) mass is 293 g/mol. The summed E-state index contributed by atoms with van der Waals surface area (Å²) in [6.45, 7) is 7.30. The number of hydrogen-bond acceptors (Lipinski definition) is 4. The lowest BCUT2D eigenvalue weighted by molar-refractivity contribution is 0.101. The molecule has 0 spiro atoms. The zero-order valence-corrected chi connectivity index (χ0v) is 13.1. The second-order valence-corrected chi connectivity index (χ2v) is 5.85. The number of benzene rings is 1. The van der Waals surface area contributed by atoms with E-state index in [1.807, 2.05) is 0 Å². The Balaban J connectivity index is 2.01. The maximum absolute atomic E-state index is 13.3. The Kier molecular flexibility index (Phi) is 5.31. The van der Waals surface area contributed by atoms with E-state index in [2.05, 4.69) is 28.8 Å². The Bertz CT molecular complexity index is 496. The first kappa shape index (κ1) is 15.9. The highest BCUT2D eigenvalue weighted by atomic mass is 19.1. The van der Waals surface area contributed by atoms with Crippen molar-refractivity contribution in [1.82, 2.24) is 9.80 Å². The second-order valence-electron chi connectivity index (χ2n) is 5.85. The summed E-state index contributed by atoms with van der Waals surface area (Å²) in [5, 5.41) is 0. The second kappa shape index (κ2) is 7.00. The Labute approximate surface area is 126 Å². The molecule has 1 heterocycles. The highest BCUT2D eigenvalue weighted by molar-refractivity contribution is 5.99. The Morgan fingerprint density at radius 1 is 1.24 bits per heavy atom. The fourth-order valence-electron chi connectivity index (χ4n) is 2.62. The lowest BCUT2D eigenvalue weighted by Gasteiger charge is -2.37. The van der Waals surface area contributed by atoms with Crippen molar-refractivity contribution in [1.29, 1.82) is 0 Å². The summed E-state index contributed by atoms with van der Waals surface area (Å²) in [5.41, 5.74) is 1.34. The van der Waals surface area contributed by atoms with Crippen LogP contribution in [0.5, 0.6) is 0 Å². The van der Waals surface area contributed by atoms with Gasteiger partial charge in [0.05, 0.1) is 0 Å². The molecule has 1 aliphatic heterocycles. The number of halogens is 1. The van der Waals surface area contributed by atoms with Gasteiger partial charge in [0.1, 0.15) is 5.82 Å². The number of nitrogens with zero attached hydrogens (tertiary/aromatic N) is 3. The van der Waals surface area contributed by atoms with Gasteiger partial charge in [-0.3, -0.25) is 9.69 Å². The van der Waals surface area contributed by atoms with Crippen LogP contribution >= 0.6 is 0 Å². The topological polar surface area (TPSA) is 26.8 Å². The van der Waals surface area contributed by atoms with Crippen LogP contribution in [-0.2, 0) is 0 Å². The van der Waals surface area contributed by atoms with Crippen LogP contribution in [0.2, 0.25) is 0 Å². The number of carbonyl (C=O) groups excluding carboxylic acids is 1. The summed E-state index contributed by atoms with van der Waals surface area (Å²) in [6, 6.07) is 4.50. The van der Waals surface area contributed by atoms with Gasteiger partial charge in [0.25, 0.3) is 0 Å². The van der Waals surface area contributed by atoms with E-state index in [9.17, 15) is 9.18 Å². The Morgan fingerprint density at radius 3 is 2.48 bits per heavy atom. The van der Waals surface area contributed by atoms with Crippen molar-refractivity contribution in [3.8, 4) is 0 Å². The number of Topliss-reactive ketones (excluding diaryl/α,β-unsaturated/α-hetero) is 1. The third kappa shape index (κ3) is 4.25. The molecule has 1 saturated heterocycles. The minimum Gasteiger partial charge on any atom is -0.368 e. The van der Waals surface area contributed by atoms with Crippen molar-refractivity contribution in [3.63, 3.8) is 0 Å². The van der Waals surface area contributed by atoms with Crippen LogP contribution < -0.4 is 4.90 Å². The molecular weight excluding hydrogens is 269 g/mol. The predicted octanol–water partition coefficient (Wildman–Crippen LogP) is 1.71. The minimum atomic E-state index is -0.353. The van der Waals surface area contributed by atoms with Gasteiger partial charge in [0.15, 0.2) is 5.78 Å². The lowest BCUT2D eigenvalue weighted by atomic mass is 10.1. The first-order valence-corrected chi connectivity index (χ1v) is 7.40. The molecule has 1 aromatic carbocycles. The molecule has 0 atom stereocenters. The van der Waals surface area contributed by atoms with Crippen LogP contribution in [0.1, 0.15) is 17.3 Å². The fourth-order valence-corrected chi connectivity index (χ4v) is 2.62. The molecule has 0 N–H and O–H groups in total. The summed E-state index contributed by atoms with van der Waals surface area (Å²) in [5.74, 6) is -0.437. The molecule has 0 aromatic heterocycles. The third-order valence-corrected chi connectivity index (χ3v) is 3.91. The van der Waals surface area contributed by atoms with Crippen molar-refractivity contribution in [2.75, 3.05) is 58.3 Å². The number of piperazine rings is 1. The number of likely N-dealkylation sites (N-methyl/N-ethyl adjacent to an activating group) is 1. The van der Waals surface area contributed by atoms with E-state index in [1.165, 1.54) is 19.1 Å². The van der Waals surface area contributed by atoms with Crippen molar-refractivity contribution in [3.05, 3.63) is 29.6 Å². The van der Waals surface area contributed by atoms with E-state index in [1.54, 1.807) is 6.07 Å². The quantitative estimate of drug-likeness (QED) is 0.772. The molecule has 2 rings (SSSR count). The highest BCUT2D eigenvalue weighted by Gasteiger charge is 2.20. The third-order valence-electron chi connectivity index (χ3n) is 3.91. The van der Waals surface area contributed by atoms with E-state index in [0.29, 0.717) is 5.56 Å². The largest absolute Gasteiger partial charge is 0.368 e. The van der Waals surface area contributed by atoms with Gasteiger partial charge in [-0.25, -0.2) is 4.39 Å². The summed E-state index contributed by atoms with van der Waals surface area (Å²) in [6.07, 6.45) is 0. The Morgan fingerprint density at radius 2 is 1.90 bits per heavy atom. The smallest absolute Gasteiger partial charge is 0.161 e. The van der Waals surface area contributed by atoms with Crippen molar-refractivity contribution in [2.24, 2.45) is 0 Å². The van der Waals surface area contributed by atoms with Crippen molar-refractivity contribution >= 4 is 11.5 Å². The van der Waals surface area contributed by atoms with Crippen LogP contribution in [0, 0.1) is 5.82 Å². The van der Waals surface area contributed by atoms with Crippen LogP contribution in [0.15, 0.2) is 18.2 Å². The standard InChI is InChI=1S/C16H24FN3O/c1-13(21)15-12-14(17)4-5-16(15)20-10-8-19(9-11-20)7-6-18(2)3/h4-5,12H,6-11H2,1-3H3. The average molecular weight is 293 g/mol. The predicted molar refractivity (Wildman–Crippen MR) is 83.6 cm³/mol. The van der Waals surface area contributed by atoms with Gasteiger partial charge in [0.2, 0.25) is 0 Å². The zero-order valence-electron chi connectivity index (χ0n) is 13.1. The normalized spacial score (nSPS) is 16.5. The summed E-state index contributed by atoms with van der Waals surface area (Å²) in [7, 11) is 4.15. The van der Waals surface area contributed by atoms with Crippen LogP contribution in [0.3, 0.4) is 0 Å². The van der Waals surface area contributed by atoms with Gasteiger partial charge in [-0.05, 0) is 39.2 Å². The summed E-state index contributed by atoms with van der Waals surface area (Å²) in [4.78, 5) is 18.5. The van der Waals surface area contributed by atoms with Gasteiger partial charge < -0.3 is 9.80 Å². The van der Waals surface area contributed by atoms with Gasteiger partial charge in [0, 0.05) is 50.5 Å². The van der Waals surface area contributed by atoms with E-state index >= 15 is 0 Å². The lowest BCUT2D eigenvalue weighted by Crippen LogP contribution is -2.48. The molecule has 5 heteroatoms. The molecule has 0 bridgehead atoms. The van der Waals surface area contributed by atoms with E-state index < -0.39 is 0 Å². The summed E-state index contributed by atoms with van der Waals surface area (Å²) < 4.78 is 13.3. The first-order chi connectivity index (χ1) is 9.97. The SMILES string of the molecule is CC(=O)c1cc(F)ccc1N1CCN(CCN(C)C)CC1. The molecular formula is C16H24FN3O. The maximum Gasteiger partial charge on any atom is 0.161 e. The van der Waals surface area contributed by atoms with Crippen LogP contribution in [-0.4, -0.2) is 68.9 Å². The highest BCUT2D eigenvalue weighted by Crippen LogP contribution is 2.23. The molecule has 116 valence electrons. The molecule has 0 radical (unpaired) electrons. The van der Waals surface area contributed by atoms with E-state index in [0.717, 1.165) is 45.0 Å². The van der Waals surface area contributed by atoms with E-state index in [-0.39, 0.29) is 11.6 Å². The van der Waals surface area contributed by atoms with Gasteiger partial charge >= 0.3 is 0 Å². The molecule has 0 aliphatic carbocycles. The van der Waals surface area contributed by atoms with Crippen molar-refractivity contribution in [2.45, 2.75) is 6.92 Å². The molecule has 21 heavy (non-hydrogen) atoms. The zero-order chi connectivity index (χ0) is 15.4. The molecule has 1 aromatic rings. The van der Waals surface area contributed by atoms with Gasteiger partial charge in [-0.15, -0.1) is 0 Å². The minimum absolute atomic E-state index is 0.0838. The maximum atomic E-state index is 13.3. The fraction of sp³-hybridized carbons (Fsp3) is 0.562.